The third kappa shape index (κ3) is 4.60. The van der Waals surface area contributed by atoms with Gasteiger partial charge in [-0.3, -0.25) is 9.78 Å². The van der Waals surface area contributed by atoms with E-state index in [-0.39, 0.29) is 5.91 Å². The Morgan fingerprint density at radius 1 is 1.19 bits per heavy atom. The average molecular weight is 284 g/mol. The van der Waals surface area contributed by atoms with E-state index in [2.05, 4.69) is 10.3 Å². The maximum absolute atomic E-state index is 12.2. The van der Waals surface area contributed by atoms with Crippen LogP contribution in [0.15, 0.2) is 48.8 Å². The summed E-state index contributed by atoms with van der Waals surface area (Å²) in [5.41, 5.74) is 2.18. The lowest BCUT2D eigenvalue weighted by Gasteiger charge is -2.17. The van der Waals surface area contributed by atoms with Gasteiger partial charge in [-0.15, -0.1) is 0 Å². The first-order valence-corrected chi connectivity index (χ1v) is 7.09. The van der Waals surface area contributed by atoms with Gasteiger partial charge in [-0.25, -0.2) is 0 Å². The average Bonchev–Trinajstić information content (AvgIpc) is 2.53. The standard InChI is InChI=1S/C17H20N2O2/c1-3-16(21-15-6-4-13(2)5-7-15)17(20)19-12-14-8-10-18-11-9-14/h4-11,16H,3,12H2,1-2H3,(H,19,20)/t16-/m0/s1. The van der Waals surface area contributed by atoms with Crippen molar-refractivity contribution >= 4 is 5.91 Å². The van der Waals surface area contributed by atoms with E-state index in [9.17, 15) is 4.79 Å². The summed E-state index contributed by atoms with van der Waals surface area (Å²) in [7, 11) is 0. The minimum atomic E-state index is -0.477. The first kappa shape index (κ1) is 15.0. The predicted octanol–water partition coefficient (Wildman–Crippen LogP) is 2.86. The van der Waals surface area contributed by atoms with E-state index in [1.807, 2.05) is 50.2 Å². The highest BCUT2D eigenvalue weighted by atomic mass is 16.5. The number of nitrogens with one attached hydrogen (secondary N) is 1. The van der Waals surface area contributed by atoms with Crippen molar-refractivity contribution in [3.05, 3.63) is 59.9 Å². The molecule has 21 heavy (non-hydrogen) atoms. The number of carbonyl (C=O) groups excluding carboxylic acids is 1. The van der Waals surface area contributed by atoms with Gasteiger partial charge in [-0.05, 0) is 43.2 Å². The van der Waals surface area contributed by atoms with E-state index >= 15 is 0 Å². The van der Waals surface area contributed by atoms with Crippen LogP contribution in [0.3, 0.4) is 0 Å². The first-order valence-electron chi connectivity index (χ1n) is 7.09. The lowest BCUT2D eigenvalue weighted by Crippen LogP contribution is -2.37. The van der Waals surface area contributed by atoms with Gasteiger partial charge in [0, 0.05) is 18.9 Å². The van der Waals surface area contributed by atoms with Crippen LogP contribution in [-0.2, 0) is 11.3 Å². The van der Waals surface area contributed by atoms with Crippen molar-refractivity contribution < 1.29 is 9.53 Å². The second-order valence-electron chi connectivity index (χ2n) is 4.90. The van der Waals surface area contributed by atoms with Crippen LogP contribution in [0.2, 0.25) is 0 Å². The normalized spacial score (nSPS) is 11.7. The van der Waals surface area contributed by atoms with Crippen molar-refractivity contribution in [3.63, 3.8) is 0 Å². The molecule has 2 rings (SSSR count). The number of carbonyl (C=O) groups is 1. The highest BCUT2D eigenvalue weighted by Crippen LogP contribution is 2.14. The maximum atomic E-state index is 12.2. The van der Waals surface area contributed by atoms with Crippen LogP contribution in [-0.4, -0.2) is 17.0 Å². The van der Waals surface area contributed by atoms with Crippen LogP contribution in [0.25, 0.3) is 0 Å². The van der Waals surface area contributed by atoms with Gasteiger partial charge in [0.05, 0.1) is 0 Å². The van der Waals surface area contributed by atoms with Gasteiger partial charge in [-0.1, -0.05) is 24.6 Å². The second kappa shape index (κ2) is 7.43. The predicted molar refractivity (Wildman–Crippen MR) is 82.0 cm³/mol. The van der Waals surface area contributed by atoms with Crippen molar-refractivity contribution in [1.82, 2.24) is 10.3 Å². The van der Waals surface area contributed by atoms with Crippen molar-refractivity contribution in [2.75, 3.05) is 0 Å². The number of benzene rings is 1. The molecule has 2 aromatic rings. The smallest absolute Gasteiger partial charge is 0.261 e. The quantitative estimate of drug-likeness (QED) is 0.887. The fraction of sp³-hybridized carbons (Fsp3) is 0.294. The Bertz CT molecular complexity index is 567. The summed E-state index contributed by atoms with van der Waals surface area (Å²) in [5.74, 6) is 0.612. The zero-order valence-electron chi connectivity index (χ0n) is 12.4. The fourth-order valence-electron chi connectivity index (χ4n) is 1.91. The van der Waals surface area contributed by atoms with Crippen molar-refractivity contribution in [1.29, 1.82) is 0 Å². The Hall–Kier alpha value is -2.36. The topological polar surface area (TPSA) is 51.2 Å². The molecule has 0 aliphatic heterocycles. The summed E-state index contributed by atoms with van der Waals surface area (Å²) in [6, 6.07) is 11.5. The number of pyridine rings is 1. The highest BCUT2D eigenvalue weighted by Gasteiger charge is 2.17. The molecule has 1 heterocycles. The van der Waals surface area contributed by atoms with Gasteiger partial charge in [0.2, 0.25) is 0 Å². The molecule has 0 saturated carbocycles. The van der Waals surface area contributed by atoms with E-state index in [1.54, 1.807) is 12.4 Å². The minimum Gasteiger partial charge on any atom is -0.481 e. The Balaban J connectivity index is 1.90. The van der Waals surface area contributed by atoms with Gasteiger partial charge in [-0.2, -0.15) is 0 Å². The van der Waals surface area contributed by atoms with Crippen molar-refractivity contribution in [2.24, 2.45) is 0 Å². The van der Waals surface area contributed by atoms with Gasteiger partial charge < -0.3 is 10.1 Å². The number of ether oxygens (including phenoxy) is 1. The molecule has 0 radical (unpaired) electrons. The maximum Gasteiger partial charge on any atom is 0.261 e. The number of hydrogen-bond donors (Lipinski definition) is 1. The van der Waals surface area contributed by atoms with Crippen LogP contribution in [0, 0.1) is 6.92 Å². The molecular formula is C17H20N2O2. The van der Waals surface area contributed by atoms with Crippen molar-refractivity contribution in [2.45, 2.75) is 32.9 Å². The molecular weight excluding hydrogens is 264 g/mol. The number of rotatable bonds is 6. The molecule has 0 aliphatic carbocycles. The summed E-state index contributed by atoms with van der Waals surface area (Å²) >= 11 is 0. The summed E-state index contributed by atoms with van der Waals surface area (Å²) in [6.07, 6.45) is 3.56. The monoisotopic (exact) mass is 284 g/mol. The zero-order valence-corrected chi connectivity index (χ0v) is 12.4. The largest absolute Gasteiger partial charge is 0.481 e. The van der Waals surface area contributed by atoms with E-state index in [1.165, 1.54) is 0 Å². The van der Waals surface area contributed by atoms with E-state index in [0.717, 1.165) is 11.1 Å². The molecule has 0 bridgehead atoms. The Morgan fingerprint density at radius 3 is 2.48 bits per heavy atom. The van der Waals surface area contributed by atoms with Crippen molar-refractivity contribution in [3.8, 4) is 5.75 Å². The molecule has 1 atom stereocenters. The third-order valence-electron chi connectivity index (χ3n) is 3.18. The first-order chi connectivity index (χ1) is 10.2. The number of aromatic nitrogens is 1. The van der Waals surface area contributed by atoms with Crippen LogP contribution in [0.4, 0.5) is 0 Å². The summed E-state index contributed by atoms with van der Waals surface area (Å²) in [6.45, 7) is 4.43. The van der Waals surface area contributed by atoms with Crippen LogP contribution >= 0.6 is 0 Å². The van der Waals surface area contributed by atoms with Crippen LogP contribution in [0.1, 0.15) is 24.5 Å². The molecule has 0 aliphatic rings. The Labute approximate surface area is 125 Å². The molecule has 4 nitrogen and oxygen atoms in total. The number of amides is 1. The van der Waals surface area contributed by atoms with E-state index in [4.69, 9.17) is 4.74 Å². The molecule has 110 valence electrons. The Morgan fingerprint density at radius 2 is 1.86 bits per heavy atom. The number of hydrogen-bond acceptors (Lipinski definition) is 3. The third-order valence-corrected chi connectivity index (χ3v) is 3.18. The van der Waals surface area contributed by atoms with E-state index in [0.29, 0.717) is 18.7 Å². The molecule has 1 aromatic carbocycles. The molecule has 0 fully saturated rings. The number of nitrogens with zero attached hydrogens (tertiary/aromatic N) is 1. The molecule has 0 unspecified atom stereocenters. The van der Waals surface area contributed by atoms with Gasteiger partial charge in [0.15, 0.2) is 6.10 Å². The summed E-state index contributed by atoms with van der Waals surface area (Å²) < 4.78 is 5.74. The molecule has 0 saturated heterocycles. The molecule has 1 amide bonds. The molecule has 1 N–H and O–H groups in total. The summed E-state index contributed by atoms with van der Waals surface area (Å²) in [5, 5.41) is 2.89. The molecule has 1 aromatic heterocycles. The number of aryl methyl sites for hydroxylation is 1. The highest BCUT2D eigenvalue weighted by molar-refractivity contribution is 5.81. The van der Waals surface area contributed by atoms with Gasteiger partial charge in [0.1, 0.15) is 5.75 Å². The SMILES string of the molecule is CC[C@H](Oc1ccc(C)cc1)C(=O)NCc1ccncc1. The Kier molecular flexibility index (Phi) is 5.32. The lowest BCUT2D eigenvalue weighted by molar-refractivity contribution is -0.128. The second-order valence-corrected chi connectivity index (χ2v) is 4.90. The fourth-order valence-corrected chi connectivity index (χ4v) is 1.91. The minimum absolute atomic E-state index is 0.102. The summed E-state index contributed by atoms with van der Waals surface area (Å²) in [4.78, 5) is 16.1. The van der Waals surface area contributed by atoms with Gasteiger partial charge >= 0.3 is 0 Å². The van der Waals surface area contributed by atoms with Crippen LogP contribution < -0.4 is 10.1 Å². The molecule has 4 heteroatoms. The van der Waals surface area contributed by atoms with E-state index < -0.39 is 6.10 Å². The molecule has 0 spiro atoms. The van der Waals surface area contributed by atoms with Gasteiger partial charge in [0.25, 0.3) is 5.91 Å². The van der Waals surface area contributed by atoms with Crippen LogP contribution in [0.5, 0.6) is 5.75 Å². The lowest BCUT2D eigenvalue weighted by atomic mass is 10.2. The zero-order chi connectivity index (χ0) is 15.1.